The van der Waals surface area contributed by atoms with E-state index in [-0.39, 0.29) is 18.2 Å². The fraction of sp³-hybridized carbons (Fsp3) is 0.150. The van der Waals surface area contributed by atoms with E-state index in [0.717, 1.165) is 0 Å². The molecule has 0 aliphatic carbocycles. The van der Waals surface area contributed by atoms with Gasteiger partial charge in [-0.2, -0.15) is 0 Å². The Bertz CT molecular complexity index is 1030. The zero-order chi connectivity index (χ0) is 21.0. The molecule has 1 aliphatic rings. The van der Waals surface area contributed by atoms with Gasteiger partial charge in [0.05, 0.1) is 24.3 Å². The summed E-state index contributed by atoms with van der Waals surface area (Å²) in [7, 11) is 2.73. The minimum Gasteiger partial charge on any atom is -0.493 e. The van der Waals surface area contributed by atoms with Crippen molar-refractivity contribution in [3.8, 4) is 11.5 Å². The number of benzene rings is 2. The number of carbonyl (C=O) groups excluding carboxylic acids is 2. The quantitative estimate of drug-likeness (QED) is 0.505. The van der Waals surface area contributed by atoms with Crippen molar-refractivity contribution in [2.75, 3.05) is 20.8 Å². The first-order valence-electron chi connectivity index (χ1n) is 8.27. The topological polar surface area (TPSA) is 83.4 Å². The lowest BCUT2D eigenvalue weighted by Crippen LogP contribution is -2.12. The standard InChI is InChI=1S/C20H15Cl2NO6/c1-26-17-8-11(3-6-16(17)28-10-18(24)27-2)7-15-20(25)29-19(23-15)12-4-5-13(21)14(22)9-12/h3-9H,10H2,1-2H3/b15-7-. The van der Waals surface area contributed by atoms with Gasteiger partial charge in [-0.25, -0.2) is 14.6 Å². The summed E-state index contributed by atoms with van der Waals surface area (Å²) in [6.07, 6.45) is 1.54. The number of carbonyl (C=O) groups is 2. The molecule has 0 aromatic heterocycles. The molecule has 0 amide bonds. The normalized spacial score (nSPS) is 14.4. The lowest BCUT2D eigenvalue weighted by Gasteiger charge is -2.10. The van der Waals surface area contributed by atoms with Gasteiger partial charge in [0, 0.05) is 5.56 Å². The van der Waals surface area contributed by atoms with Crippen LogP contribution in [0.1, 0.15) is 11.1 Å². The molecule has 0 bridgehead atoms. The molecule has 0 N–H and O–H groups in total. The van der Waals surface area contributed by atoms with Crippen molar-refractivity contribution in [1.29, 1.82) is 0 Å². The van der Waals surface area contributed by atoms with Crippen LogP contribution in [0.5, 0.6) is 11.5 Å². The predicted molar refractivity (Wildman–Crippen MR) is 108 cm³/mol. The van der Waals surface area contributed by atoms with E-state index in [0.29, 0.717) is 32.7 Å². The molecule has 150 valence electrons. The number of nitrogens with zero attached hydrogens (tertiary/aromatic N) is 1. The highest BCUT2D eigenvalue weighted by atomic mass is 35.5. The zero-order valence-corrected chi connectivity index (χ0v) is 16.9. The summed E-state index contributed by atoms with van der Waals surface area (Å²) in [5.74, 6) is -0.255. The van der Waals surface area contributed by atoms with Crippen LogP contribution in [0, 0.1) is 0 Å². The van der Waals surface area contributed by atoms with E-state index in [1.54, 1.807) is 42.5 Å². The number of ether oxygens (including phenoxy) is 4. The van der Waals surface area contributed by atoms with E-state index >= 15 is 0 Å². The number of cyclic esters (lactones) is 1. The summed E-state index contributed by atoms with van der Waals surface area (Å²) in [4.78, 5) is 27.6. The lowest BCUT2D eigenvalue weighted by atomic mass is 10.1. The Balaban J connectivity index is 1.85. The van der Waals surface area contributed by atoms with Gasteiger partial charge in [0.2, 0.25) is 5.90 Å². The predicted octanol–water partition coefficient (Wildman–Crippen LogP) is 3.90. The summed E-state index contributed by atoms with van der Waals surface area (Å²) in [5.41, 5.74) is 1.26. The Hall–Kier alpha value is -3.03. The monoisotopic (exact) mass is 435 g/mol. The van der Waals surface area contributed by atoms with Crippen LogP contribution in [0.25, 0.3) is 6.08 Å². The molecule has 1 heterocycles. The third kappa shape index (κ3) is 4.88. The molecule has 1 aliphatic heterocycles. The summed E-state index contributed by atoms with van der Waals surface area (Å²) in [6.45, 7) is -0.253. The van der Waals surface area contributed by atoms with Gasteiger partial charge in [0.25, 0.3) is 0 Å². The summed E-state index contributed by atoms with van der Waals surface area (Å²) in [5, 5.41) is 0.713. The second kappa shape index (κ2) is 8.98. The van der Waals surface area contributed by atoms with E-state index in [1.165, 1.54) is 14.2 Å². The Kier molecular flexibility index (Phi) is 6.41. The Morgan fingerprint density at radius 1 is 1.10 bits per heavy atom. The van der Waals surface area contributed by atoms with Gasteiger partial charge in [-0.15, -0.1) is 0 Å². The molecule has 29 heavy (non-hydrogen) atoms. The minimum absolute atomic E-state index is 0.108. The van der Waals surface area contributed by atoms with Crippen molar-refractivity contribution >= 4 is 47.1 Å². The maximum absolute atomic E-state index is 12.2. The van der Waals surface area contributed by atoms with E-state index in [4.69, 9.17) is 37.4 Å². The fourth-order valence-corrected chi connectivity index (χ4v) is 2.71. The minimum atomic E-state index is -0.601. The van der Waals surface area contributed by atoms with Gasteiger partial charge in [-0.3, -0.25) is 0 Å². The van der Waals surface area contributed by atoms with E-state index in [2.05, 4.69) is 9.73 Å². The average Bonchev–Trinajstić information content (AvgIpc) is 3.08. The highest BCUT2D eigenvalue weighted by molar-refractivity contribution is 6.42. The molecule has 0 unspecified atom stereocenters. The molecular weight excluding hydrogens is 421 g/mol. The van der Waals surface area contributed by atoms with Gasteiger partial charge in [0.15, 0.2) is 23.8 Å². The summed E-state index contributed by atoms with van der Waals surface area (Å²) < 4.78 is 20.4. The third-order valence-corrected chi connectivity index (χ3v) is 4.59. The number of rotatable bonds is 6. The highest BCUT2D eigenvalue weighted by Crippen LogP contribution is 2.30. The van der Waals surface area contributed by atoms with Crippen LogP contribution in [0.2, 0.25) is 10.0 Å². The average molecular weight is 436 g/mol. The second-order valence-corrected chi connectivity index (χ2v) is 6.55. The van der Waals surface area contributed by atoms with Crippen molar-refractivity contribution < 1.29 is 28.5 Å². The molecule has 0 saturated carbocycles. The SMILES string of the molecule is COC(=O)COc1ccc(/C=C2\N=C(c3ccc(Cl)c(Cl)c3)OC2=O)cc1OC. The van der Waals surface area contributed by atoms with Crippen LogP contribution in [0.3, 0.4) is 0 Å². The molecule has 0 atom stereocenters. The van der Waals surface area contributed by atoms with Gasteiger partial charge >= 0.3 is 11.9 Å². The highest BCUT2D eigenvalue weighted by Gasteiger charge is 2.24. The van der Waals surface area contributed by atoms with E-state index in [9.17, 15) is 9.59 Å². The maximum Gasteiger partial charge on any atom is 0.363 e. The van der Waals surface area contributed by atoms with Crippen LogP contribution < -0.4 is 9.47 Å². The molecule has 0 radical (unpaired) electrons. The number of hydrogen-bond donors (Lipinski definition) is 0. The van der Waals surface area contributed by atoms with Crippen molar-refractivity contribution in [3.63, 3.8) is 0 Å². The van der Waals surface area contributed by atoms with E-state index < -0.39 is 11.9 Å². The molecule has 7 nitrogen and oxygen atoms in total. The first-order valence-corrected chi connectivity index (χ1v) is 9.02. The first kappa shape index (κ1) is 20.7. The molecule has 2 aromatic rings. The molecule has 3 rings (SSSR count). The third-order valence-electron chi connectivity index (χ3n) is 3.85. The van der Waals surface area contributed by atoms with Crippen molar-refractivity contribution in [2.24, 2.45) is 4.99 Å². The molecule has 2 aromatic carbocycles. The Morgan fingerprint density at radius 3 is 2.59 bits per heavy atom. The number of methoxy groups -OCH3 is 2. The zero-order valence-electron chi connectivity index (χ0n) is 15.4. The number of halogens is 2. The van der Waals surface area contributed by atoms with Gasteiger partial charge in [0.1, 0.15) is 0 Å². The number of hydrogen-bond acceptors (Lipinski definition) is 7. The molecule has 0 fully saturated rings. The maximum atomic E-state index is 12.2. The largest absolute Gasteiger partial charge is 0.493 e. The van der Waals surface area contributed by atoms with Crippen LogP contribution in [-0.4, -0.2) is 38.7 Å². The summed E-state index contributed by atoms with van der Waals surface area (Å²) in [6, 6.07) is 9.74. The Labute approximate surface area is 176 Å². The molecule has 0 spiro atoms. The van der Waals surface area contributed by atoms with Gasteiger partial charge in [-0.05, 0) is 42.0 Å². The summed E-state index contributed by atoms with van der Waals surface area (Å²) >= 11 is 11.9. The van der Waals surface area contributed by atoms with Crippen LogP contribution in [-0.2, 0) is 19.1 Å². The van der Waals surface area contributed by atoms with Crippen LogP contribution in [0.4, 0.5) is 0 Å². The van der Waals surface area contributed by atoms with Gasteiger partial charge < -0.3 is 18.9 Å². The lowest BCUT2D eigenvalue weighted by molar-refractivity contribution is -0.143. The van der Waals surface area contributed by atoms with Crippen molar-refractivity contribution in [3.05, 3.63) is 63.3 Å². The van der Waals surface area contributed by atoms with E-state index in [1.807, 2.05) is 0 Å². The smallest absolute Gasteiger partial charge is 0.363 e. The number of aliphatic imine (C=N–C) groups is 1. The number of esters is 2. The fourth-order valence-electron chi connectivity index (χ4n) is 2.41. The second-order valence-electron chi connectivity index (χ2n) is 5.74. The van der Waals surface area contributed by atoms with Crippen molar-refractivity contribution in [1.82, 2.24) is 0 Å². The Morgan fingerprint density at radius 2 is 1.90 bits per heavy atom. The molecule has 0 saturated heterocycles. The molecular formula is C20H15Cl2NO6. The first-order chi connectivity index (χ1) is 13.9. The molecule has 9 heteroatoms. The van der Waals surface area contributed by atoms with Gasteiger partial charge in [-0.1, -0.05) is 29.3 Å². The van der Waals surface area contributed by atoms with Crippen molar-refractivity contribution in [2.45, 2.75) is 0 Å². The van der Waals surface area contributed by atoms with Crippen LogP contribution in [0.15, 0.2) is 47.1 Å². The van der Waals surface area contributed by atoms with Crippen LogP contribution >= 0.6 is 23.2 Å².